The Bertz CT molecular complexity index is 599. The van der Waals surface area contributed by atoms with Gasteiger partial charge in [0.1, 0.15) is 0 Å². The van der Waals surface area contributed by atoms with Crippen LogP contribution in [0.5, 0.6) is 0 Å². The first-order valence-corrected chi connectivity index (χ1v) is 7.15. The van der Waals surface area contributed by atoms with Gasteiger partial charge in [-0.3, -0.25) is 4.98 Å². The van der Waals surface area contributed by atoms with Gasteiger partial charge < -0.3 is 15.8 Å². The highest BCUT2D eigenvalue weighted by Crippen LogP contribution is 2.24. The van der Waals surface area contributed by atoms with Crippen LogP contribution in [-0.4, -0.2) is 23.1 Å². The Kier molecular flexibility index (Phi) is 4.39. The number of pyridine rings is 1. The topological polar surface area (TPSA) is 74.7 Å². The molecular formula is C12H13BrN4OS. The van der Waals surface area contributed by atoms with E-state index >= 15 is 0 Å². The van der Waals surface area contributed by atoms with Crippen molar-refractivity contribution in [3.05, 3.63) is 44.8 Å². The number of aromatic nitrogens is 1. The maximum absolute atomic E-state index is 8.81. The van der Waals surface area contributed by atoms with Crippen LogP contribution in [0.3, 0.4) is 0 Å². The highest BCUT2D eigenvalue weighted by atomic mass is 79.9. The molecule has 19 heavy (non-hydrogen) atoms. The fourth-order valence-electron chi connectivity index (χ4n) is 1.75. The van der Waals surface area contributed by atoms with Crippen LogP contribution in [-0.2, 0) is 6.54 Å². The summed E-state index contributed by atoms with van der Waals surface area (Å²) in [6.07, 6.45) is 3.32. The van der Waals surface area contributed by atoms with Crippen molar-refractivity contribution >= 4 is 38.8 Å². The van der Waals surface area contributed by atoms with Gasteiger partial charge in [-0.15, -0.1) is 11.3 Å². The van der Waals surface area contributed by atoms with Gasteiger partial charge in [0.05, 0.1) is 15.7 Å². The number of oxime groups is 1. The molecule has 0 amide bonds. The molecule has 0 saturated heterocycles. The van der Waals surface area contributed by atoms with Crippen LogP contribution in [0.25, 0.3) is 0 Å². The van der Waals surface area contributed by atoms with Gasteiger partial charge in [-0.1, -0.05) is 5.16 Å². The minimum Gasteiger partial charge on any atom is -0.409 e. The summed E-state index contributed by atoms with van der Waals surface area (Å²) in [5.41, 5.74) is 8.34. The molecule has 3 N–H and O–H groups in total. The molecule has 0 fully saturated rings. The molecule has 0 aliphatic carbocycles. The van der Waals surface area contributed by atoms with E-state index in [1.165, 1.54) is 5.56 Å². The minimum absolute atomic E-state index is 0.0794. The lowest BCUT2D eigenvalue weighted by Crippen LogP contribution is -2.22. The van der Waals surface area contributed by atoms with E-state index in [1.807, 2.05) is 11.9 Å². The molecule has 0 saturated carbocycles. The molecule has 0 unspecified atom stereocenters. The van der Waals surface area contributed by atoms with Crippen LogP contribution in [0, 0.1) is 0 Å². The van der Waals surface area contributed by atoms with Crippen molar-refractivity contribution in [1.29, 1.82) is 0 Å². The largest absolute Gasteiger partial charge is 0.409 e. The van der Waals surface area contributed by atoms with Crippen molar-refractivity contribution in [2.24, 2.45) is 10.9 Å². The Morgan fingerprint density at radius 2 is 2.42 bits per heavy atom. The van der Waals surface area contributed by atoms with Crippen molar-refractivity contribution in [2.45, 2.75) is 6.54 Å². The van der Waals surface area contributed by atoms with Gasteiger partial charge in [0.2, 0.25) is 0 Å². The number of nitrogens with two attached hydrogens (primary N) is 1. The van der Waals surface area contributed by atoms with Gasteiger partial charge in [0.25, 0.3) is 0 Å². The third kappa shape index (κ3) is 3.24. The van der Waals surface area contributed by atoms with E-state index in [9.17, 15) is 0 Å². The molecule has 2 aromatic heterocycles. The number of hydrogen-bond acceptors (Lipinski definition) is 5. The lowest BCUT2D eigenvalue weighted by Gasteiger charge is -2.20. The Morgan fingerprint density at radius 3 is 3.05 bits per heavy atom. The van der Waals surface area contributed by atoms with Crippen molar-refractivity contribution in [3.63, 3.8) is 0 Å². The first-order chi connectivity index (χ1) is 9.11. The first-order valence-electron chi connectivity index (χ1n) is 5.47. The zero-order chi connectivity index (χ0) is 13.8. The Balaban J connectivity index is 2.26. The molecule has 2 rings (SSSR count). The average Bonchev–Trinajstić information content (AvgIpc) is 2.83. The Morgan fingerprint density at radius 1 is 1.63 bits per heavy atom. The zero-order valence-corrected chi connectivity index (χ0v) is 12.6. The molecule has 5 nitrogen and oxygen atoms in total. The number of hydrogen-bond donors (Lipinski definition) is 2. The van der Waals surface area contributed by atoms with Crippen molar-refractivity contribution in [1.82, 2.24) is 4.98 Å². The van der Waals surface area contributed by atoms with Crippen LogP contribution in [0.4, 0.5) is 5.69 Å². The number of amidine groups is 1. The summed E-state index contributed by atoms with van der Waals surface area (Å²) in [6, 6.07) is 3.80. The van der Waals surface area contributed by atoms with Crippen molar-refractivity contribution in [2.75, 3.05) is 11.9 Å². The molecule has 0 radical (unpaired) electrons. The van der Waals surface area contributed by atoms with Gasteiger partial charge in [0.15, 0.2) is 5.84 Å². The molecule has 0 bridgehead atoms. The summed E-state index contributed by atoms with van der Waals surface area (Å²) in [4.78, 5) is 6.10. The van der Waals surface area contributed by atoms with Crippen LogP contribution in [0.1, 0.15) is 11.1 Å². The number of anilines is 1. The maximum Gasteiger partial charge on any atom is 0.172 e. The van der Waals surface area contributed by atoms with Crippen LogP contribution < -0.4 is 10.6 Å². The summed E-state index contributed by atoms with van der Waals surface area (Å²) < 4.78 is 1.10. The van der Waals surface area contributed by atoms with E-state index in [1.54, 1.807) is 29.8 Å². The number of rotatable bonds is 4. The summed E-state index contributed by atoms with van der Waals surface area (Å²) in [5, 5.41) is 13.9. The number of nitrogens with zero attached hydrogens (tertiary/aromatic N) is 3. The summed E-state index contributed by atoms with van der Waals surface area (Å²) in [5.74, 6) is 0.0794. The second-order valence-electron chi connectivity index (χ2n) is 3.99. The van der Waals surface area contributed by atoms with E-state index in [-0.39, 0.29) is 5.84 Å². The molecule has 100 valence electrons. The molecule has 0 aliphatic heterocycles. The van der Waals surface area contributed by atoms with Crippen LogP contribution >= 0.6 is 27.3 Å². The lowest BCUT2D eigenvalue weighted by molar-refractivity contribution is 0.318. The molecular weight excluding hydrogens is 328 g/mol. The predicted molar refractivity (Wildman–Crippen MR) is 80.9 cm³/mol. The highest BCUT2D eigenvalue weighted by Gasteiger charge is 2.12. The third-order valence-electron chi connectivity index (χ3n) is 2.64. The van der Waals surface area contributed by atoms with Gasteiger partial charge in [-0.2, -0.15) is 0 Å². The van der Waals surface area contributed by atoms with Gasteiger partial charge in [-0.05, 0) is 39.0 Å². The second-order valence-corrected chi connectivity index (χ2v) is 6.28. The smallest absolute Gasteiger partial charge is 0.172 e. The summed E-state index contributed by atoms with van der Waals surface area (Å²) in [7, 11) is 1.94. The van der Waals surface area contributed by atoms with E-state index in [0.29, 0.717) is 5.56 Å². The van der Waals surface area contributed by atoms with Gasteiger partial charge >= 0.3 is 0 Å². The average molecular weight is 341 g/mol. The van der Waals surface area contributed by atoms with Crippen LogP contribution in [0.2, 0.25) is 0 Å². The first kappa shape index (κ1) is 13.8. The van der Waals surface area contributed by atoms with Gasteiger partial charge in [0, 0.05) is 25.4 Å². The highest BCUT2D eigenvalue weighted by molar-refractivity contribution is 9.11. The van der Waals surface area contributed by atoms with E-state index in [2.05, 4.69) is 37.5 Å². The van der Waals surface area contributed by atoms with E-state index < -0.39 is 0 Å². The monoisotopic (exact) mass is 340 g/mol. The summed E-state index contributed by atoms with van der Waals surface area (Å²) >= 11 is 5.09. The molecule has 0 atom stereocenters. The second kappa shape index (κ2) is 6.03. The zero-order valence-electron chi connectivity index (χ0n) is 10.2. The van der Waals surface area contributed by atoms with Crippen molar-refractivity contribution < 1.29 is 5.21 Å². The predicted octanol–water partition coefficient (Wildman–Crippen LogP) is 2.64. The normalized spacial score (nSPS) is 11.6. The molecule has 2 aromatic rings. The van der Waals surface area contributed by atoms with E-state index in [0.717, 1.165) is 16.0 Å². The molecule has 0 spiro atoms. The molecule has 0 aromatic carbocycles. The lowest BCUT2D eigenvalue weighted by atomic mass is 10.2. The number of halogens is 1. The quantitative estimate of drug-likeness (QED) is 0.388. The Hall–Kier alpha value is -1.60. The van der Waals surface area contributed by atoms with Crippen LogP contribution in [0.15, 0.2) is 38.8 Å². The minimum atomic E-state index is 0.0794. The fourth-order valence-corrected chi connectivity index (χ4v) is 2.95. The molecule has 0 aliphatic rings. The standard InChI is InChI=1S/C12H13BrN4OS/c1-17(6-8-4-11(13)19-7-8)10-5-15-3-2-9(10)12(14)16-18/h2-5,7,18H,6H2,1H3,(H2,14,16). The Labute approximate surface area is 123 Å². The van der Waals surface area contributed by atoms with Gasteiger partial charge in [-0.25, -0.2) is 0 Å². The summed E-state index contributed by atoms with van der Waals surface area (Å²) in [6.45, 7) is 0.722. The molecule has 7 heteroatoms. The maximum atomic E-state index is 8.81. The fraction of sp³-hybridized carbons (Fsp3) is 0.167. The van der Waals surface area contributed by atoms with E-state index in [4.69, 9.17) is 10.9 Å². The third-order valence-corrected chi connectivity index (χ3v) is 4.19. The van der Waals surface area contributed by atoms with Crippen molar-refractivity contribution in [3.8, 4) is 0 Å². The molecule has 2 heterocycles. The SMILES string of the molecule is CN(Cc1csc(Br)c1)c1cnccc1/C(N)=N/O. The number of thiophene rings is 1.